The Kier molecular flexibility index (Phi) is 5.70. The van der Waals surface area contributed by atoms with Gasteiger partial charge in [0.2, 0.25) is 0 Å². The molecular weight excluding hydrogens is 394 g/mol. The molecule has 1 fully saturated rings. The van der Waals surface area contributed by atoms with Crippen molar-refractivity contribution in [1.29, 1.82) is 0 Å². The molecule has 1 N–H and O–H groups in total. The Hall–Kier alpha value is -3.68. The van der Waals surface area contributed by atoms with Crippen LogP contribution in [0.25, 0.3) is 11.0 Å². The molecule has 0 saturated carbocycles. The number of ether oxygens (including phenoxy) is 1. The van der Waals surface area contributed by atoms with Crippen molar-refractivity contribution in [2.45, 2.75) is 13.8 Å². The summed E-state index contributed by atoms with van der Waals surface area (Å²) in [6, 6.07) is 13.1. The molecule has 4 rings (SSSR count). The van der Waals surface area contributed by atoms with Crippen LogP contribution in [0.4, 0.5) is 16.3 Å². The van der Waals surface area contributed by atoms with Crippen molar-refractivity contribution in [3.63, 3.8) is 0 Å². The number of hydrogen-bond donors (Lipinski definition) is 1. The first-order valence-electron chi connectivity index (χ1n) is 10.2. The van der Waals surface area contributed by atoms with E-state index in [1.807, 2.05) is 49.4 Å². The third kappa shape index (κ3) is 4.42. The molecule has 8 nitrogen and oxygen atoms in total. The SMILES string of the molecule is COc1nc2ccc(C)cc2nc1NC(=O)N1CCN(c2ccc(C(C)=O)cc2)CC1. The molecular formula is C23H25N5O3. The van der Waals surface area contributed by atoms with Gasteiger partial charge >= 0.3 is 6.03 Å². The highest BCUT2D eigenvalue weighted by Gasteiger charge is 2.23. The predicted octanol–water partition coefficient (Wildman–Crippen LogP) is 3.50. The topological polar surface area (TPSA) is 87.7 Å². The number of aromatic nitrogens is 2. The minimum atomic E-state index is -0.230. The van der Waals surface area contributed by atoms with Gasteiger partial charge < -0.3 is 14.5 Å². The van der Waals surface area contributed by atoms with Gasteiger partial charge in [0.25, 0.3) is 5.88 Å². The molecule has 31 heavy (non-hydrogen) atoms. The van der Waals surface area contributed by atoms with E-state index in [1.165, 1.54) is 7.11 Å². The third-order valence-corrected chi connectivity index (χ3v) is 5.41. The van der Waals surface area contributed by atoms with E-state index in [0.717, 1.165) is 11.3 Å². The minimum absolute atomic E-state index is 0.0513. The molecule has 0 atom stereocenters. The third-order valence-electron chi connectivity index (χ3n) is 5.41. The molecule has 1 aromatic heterocycles. The van der Waals surface area contributed by atoms with Gasteiger partial charge in [-0.05, 0) is 55.8 Å². The quantitative estimate of drug-likeness (QED) is 0.651. The Morgan fingerprint density at radius 2 is 1.68 bits per heavy atom. The zero-order chi connectivity index (χ0) is 22.0. The first kappa shape index (κ1) is 20.6. The molecule has 2 heterocycles. The first-order valence-corrected chi connectivity index (χ1v) is 10.2. The first-order chi connectivity index (χ1) is 14.9. The maximum absolute atomic E-state index is 12.8. The second kappa shape index (κ2) is 8.59. The average molecular weight is 419 g/mol. The van der Waals surface area contributed by atoms with E-state index in [1.54, 1.807) is 11.8 Å². The van der Waals surface area contributed by atoms with Crippen LogP contribution in [0.1, 0.15) is 22.8 Å². The monoisotopic (exact) mass is 419 g/mol. The van der Waals surface area contributed by atoms with E-state index in [-0.39, 0.29) is 17.7 Å². The molecule has 3 aromatic rings. The summed E-state index contributed by atoms with van der Waals surface area (Å²) in [4.78, 5) is 37.2. The number of ketones is 1. The number of fused-ring (bicyclic) bond motifs is 1. The number of aryl methyl sites for hydroxylation is 1. The Balaban J connectivity index is 1.42. The molecule has 0 aliphatic carbocycles. The van der Waals surface area contributed by atoms with Crippen LogP contribution in [-0.4, -0.2) is 60.0 Å². The van der Waals surface area contributed by atoms with Crippen LogP contribution < -0.4 is 15.0 Å². The lowest BCUT2D eigenvalue weighted by Crippen LogP contribution is -2.50. The molecule has 160 valence electrons. The number of rotatable bonds is 4. The van der Waals surface area contributed by atoms with Gasteiger partial charge in [0.15, 0.2) is 11.6 Å². The van der Waals surface area contributed by atoms with Crippen LogP contribution in [0, 0.1) is 6.92 Å². The van der Waals surface area contributed by atoms with Crippen LogP contribution in [0.2, 0.25) is 0 Å². The largest absolute Gasteiger partial charge is 0.478 e. The van der Waals surface area contributed by atoms with Gasteiger partial charge in [-0.2, -0.15) is 0 Å². The van der Waals surface area contributed by atoms with Crippen molar-refractivity contribution < 1.29 is 14.3 Å². The van der Waals surface area contributed by atoms with Gasteiger partial charge in [-0.25, -0.2) is 14.8 Å². The number of anilines is 2. The number of Topliss-reactive ketones (excluding diaryl/α,β-unsaturated/α-hetero) is 1. The Morgan fingerprint density at radius 3 is 2.32 bits per heavy atom. The second-order valence-electron chi connectivity index (χ2n) is 7.58. The normalized spacial score (nSPS) is 13.9. The average Bonchev–Trinajstić information content (AvgIpc) is 2.78. The lowest BCUT2D eigenvalue weighted by molar-refractivity contribution is 0.101. The van der Waals surface area contributed by atoms with Gasteiger partial charge in [0.05, 0.1) is 18.1 Å². The molecule has 0 bridgehead atoms. The molecule has 0 radical (unpaired) electrons. The number of urea groups is 1. The molecule has 1 saturated heterocycles. The van der Waals surface area contributed by atoms with Crippen molar-refractivity contribution in [3.05, 3.63) is 53.6 Å². The van der Waals surface area contributed by atoms with Crippen LogP contribution in [0.15, 0.2) is 42.5 Å². The number of nitrogens with zero attached hydrogens (tertiary/aromatic N) is 4. The lowest BCUT2D eigenvalue weighted by Gasteiger charge is -2.36. The summed E-state index contributed by atoms with van der Waals surface area (Å²) in [6.07, 6.45) is 0. The summed E-state index contributed by atoms with van der Waals surface area (Å²) < 4.78 is 5.33. The highest BCUT2D eigenvalue weighted by Crippen LogP contribution is 2.24. The summed E-state index contributed by atoms with van der Waals surface area (Å²) in [5.41, 5.74) is 4.22. The maximum atomic E-state index is 12.8. The lowest BCUT2D eigenvalue weighted by atomic mass is 10.1. The number of amides is 2. The molecule has 0 spiro atoms. The smallest absolute Gasteiger partial charge is 0.323 e. The van der Waals surface area contributed by atoms with E-state index in [9.17, 15) is 9.59 Å². The van der Waals surface area contributed by atoms with Gasteiger partial charge in [0, 0.05) is 37.4 Å². The number of carbonyl (C=O) groups excluding carboxylic acids is 2. The summed E-state index contributed by atoms with van der Waals surface area (Å²) in [5.74, 6) is 0.650. The number of benzene rings is 2. The van der Waals surface area contributed by atoms with Gasteiger partial charge in [0.1, 0.15) is 0 Å². The van der Waals surface area contributed by atoms with E-state index in [4.69, 9.17) is 4.74 Å². The summed E-state index contributed by atoms with van der Waals surface area (Å²) in [6.45, 7) is 6.09. The van der Waals surface area contributed by atoms with Gasteiger partial charge in [-0.3, -0.25) is 10.1 Å². The Labute approximate surface area is 180 Å². The Morgan fingerprint density at radius 1 is 0.968 bits per heavy atom. The predicted molar refractivity (Wildman–Crippen MR) is 120 cm³/mol. The van der Waals surface area contributed by atoms with E-state index >= 15 is 0 Å². The summed E-state index contributed by atoms with van der Waals surface area (Å²) in [5, 5.41) is 2.85. The van der Waals surface area contributed by atoms with Crippen molar-refractivity contribution in [2.75, 3.05) is 43.5 Å². The van der Waals surface area contributed by atoms with Gasteiger partial charge in [-0.1, -0.05) is 6.07 Å². The fourth-order valence-corrected chi connectivity index (χ4v) is 3.63. The fourth-order valence-electron chi connectivity index (χ4n) is 3.63. The van der Waals surface area contributed by atoms with Crippen LogP contribution in [0.5, 0.6) is 5.88 Å². The zero-order valence-corrected chi connectivity index (χ0v) is 17.9. The minimum Gasteiger partial charge on any atom is -0.478 e. The van der Waals surface area contributed by atoms with Crippen molar-refractivity contribution in [2.24, 2.45) is 0 Å². The molecule has 8 heteroatoms. The van der Waals surface area contributed by atoms with Crippen molar-refractivity contribution in [1.82, 2.24) is 14.9 Å². The van der Waals surface area contributed by atoms with Crippen molar-refractivity contribution >= 4 is 34.4 Å². The second-order valence-corrected chi connectivity index (χ2v) is 7.58. The number of piperazine rings is 1. The fraction of sp³-hybridized carbons (Fsp3) is 0.304. The van der Waals surface area contributed by atoms with Crippen molar-refractivity contribution in [3.8, 4) is 5.88 Å². The highest BCUT2D eigenvalue weighted by atomic mass is 16.5. The van der Waals surface area contributed by atoms with Crippen LogP contribution in [0.3, 0.4) is 0 Å². The number of methoxy groups -OCH3 is 1. The summed E-state index contributed by atoms with van der Waals surface area (Å²) in [7, 11) is 1.51. The maximum Gasteiger partial charge on any atom is 0.323 e. The van der Waals surface area contributed by atoms with E-state index in [2.05, 4.69) is 20.2 Å². The van der Waals surface area contributed by atoms with E-state index in [0.29, 0.717) is 48.6 Å². The highest BCUT2D eigenvalue weighted by molar-refractivity contribution is 5.94. The molecule has 1 aliphatic heterocycles. The van der Waals surface area contributed by atoms with E-state index < -0.39 is 0 Å². The van der Waals surface area contributed by atoms with Crippen LogP contribution >= 0.6 is 0 Å². The number of nitrogens with one attached hydrogen (secondary N) is 1. The number of carbonyl (C=O) groups is 2. The zero-order valence-electron chi connectivity index (χ0n) is 17.9. The molecule has 2 amide bonds. The molecule has 2 aromatic carbocycles. The standard InChI is InChI=1S/C23H25N5O3/c1-15-4-9-19-20(14-15)24-21(22(25-19)31-3)26-23(30)28-12-10-27(11-13-28)18-7-5-17(6-8-18)16(2)29/h4-9,14H,10-13H2,1-3H3,(H,24,26,30). The molecule has 1 aliphatic rings. The van der Waals surface area contributed by atoms with Crippen LogP contribution in [-0.2, 0) is 0 Å². The number of hydrogen-bond acceptors (Lipinski definition) is 6. The Bertz CT molecular complexity index is 1120. The molecule has 0 unspecified atom stereocenters. The summed E-state index contributed by atoms with van der Waals surface area (Å²) >= 11 is 0. The van der Waals surface area contributed by atoms with Gasteiger partial charge in [-0.15, -0.1) is 0 Å².